The molecule has 0 saturated heterocycles. The van der Waals surface area contributed by atoms with Crippen molar-refractivity contribution in [3.8, 4) is 0 Å². The first-order chi connectivity index (χ1) is 12.8. The van der Waals surface area contributed by atoms with Crippen LogP contribution in [0.5, 0.6) is 0 Å². The molecule has 0 aliphatic carbocycles. The van der Waals surface area contributed by atoms with Crippen molar-refractivity contribution >= 4 is 0 Å². The molecule has 0 aromatic carbocycles. The van der Waals surface area contributed by atoms with Crippen LogP contribution in [0.15, 0.2) is 0 Å². The molecule has 0 rings (SSSR count). The predicted octanol–water partition coefficient (Wildman–Crippen LogP) is 5.70. The Kier molecular flexibility index (Phi) is 22.7. The van der Waals surface area contributed by atoms with Crippen molar-refractivity contribution in [1.82, 2.24) is 5.06 Å². The van der Waals surface area contributed by atoms with Gasteiger partial charge in [0, 0.05) is 26.3 Å². The molecule has 4 nitrogen and oxygen atoms in total. The van der Waals surface area contributed by atoms with Crippen LogP contribution in [-0.2, 0) is 9.57 Å². The zero-order chi connectivity index (χ0) is 19.1. The van der Waals surface area contributed by atoms with E-state index in [-0.39, 0.29) is 0 Å². The van der Waals surface area contributed by atoms with Crippen LogP contribution in [0.2, 0.25) is 0 Å². The third-order valence-electron chi connectivity index (χ3n) is 4.72. The van der Waals surface area contributed by atoms with Crippen LogP contribution < -0.4 is 5.73 Å². The second-order valence-corrected chi connectivity index (χ2v) is 7.41. The summed E-state index contributed by atoms with van der Waals surface area (Å²) in [5.74, 6) is 0. The highest BCUT2D eigenvalue weighted by Gasteiger charge is 2.05. The molecule has 0 amide bonds. The van der Waals surface area contributed by atoms with Crippen molar-refractivity contribution in [3.05, 3.63) is 0 Å². The van der Waals surface area contributed by atoms with E-state index in [1.54, 1.807) is 0 Å². The van der Waals surface area contributed by atoms with Crippen LogP contribution in [0.3, 0.4) is 0 Å². The third-order valence-corrected chi connectivity index (χ3v) is 4.72. The highest BCUT2D eigenvalue weighted by atomic mass is 16.7. The van der Waals surface area contributed by atoms with Gasteiger partial charge in [0.25, 0.3) is 0 Å². The molecule has 4 heteroatoms. The minimum absolute atomic E-state index is 0.727. The monoisotopic (exact) mass is 372 g/mol. The zero-order valence-electron chi connectivity index (χ0n) is 18.0. The maximum atomic E-state index is 5.91. The summed E-state index contributed by atoms with van der Waals surface area (Å²) in [6.45, 7) is 9.71. The number of nitrogens with two attached hydrogens (primary N) is 1. The number of unbranched alkanes of at least 4 members (excludes halogenated alkanes) is 10. The van der Waals surface area contributed by atoms with Crippen molar-refractivity contribution in [2.45, 2.75) is 104 Å². The lowest BCUT2D eigenvalue weighted by atomic mass is 10.1. The molecule has 0 unspecified atom stereocenters. The molecule has 0 atom stereocenters. The van der Waals surface area contributed by atoms with Gasteiger partial charge < -0.3 is 10.5 Å². The largest absolute Gasteiger partial charge is 0.381 e. The van der Waals surface area contributed by atoms with Crippen molar-refractivity contribution in [2.24, 2.45) is 5.73 Å². The molecule has 0 saturated carbocycles. The van der Waals surface area contributed by atoms with Crippen LogP contribution in [0.4, 0.5) is 0 Å². The lowest BCUT2D eigenvalue weighted by Crippen LogP contribution is -2.29. The molecular formula is C22H48N2O2. The summed E-state index contributed by atoms with van der Waals surface area (Å²) in [5, 5.41) is 2.10. The molecule has 0 aliphatic rings. The fourth-order valence-corrected chi connectivity index (χ4v) is 3.01. The van der Waals surface area contributed by atoms with Gasteiger partial charge in [-0.05, 0) is 32.2 Å². The Hall–Kier alpha value is -0.160. The maximum Gasteiger partial charge on any atom is 0.0685 e. The minimum Gasteiger partial charge on any atom is -0.381 e. The number of hydrogen-bond acceptors (Lipinski definition) is 4. The van der Waals surface area contributed by atoms with Gasteiger partial charge in [0.2, 0.25) is 0 Å². The van der Waals surface area contributed by atoms with Gasteiger partial charge in [0.05, 0.1) is 6.61 Å². The van der Waals surface area contributed by atoms with Crippen molar-refractivity contribution in [1.29, 1.82) is 0 Å². The van der Waals surface area contributed by atoms with Crippen molar-refractivity contribution < 1.29 is 9.57 Å². The molecule has 0 bridgehead atoms. The molecule has 0 fully saturated rings. The Labute approximate surface area is 164 Å². The predicted molar refractivity (Wildman–Crippen MR) is 113 cm³/mol. The molecule has 26 heavy (non-hydrogen) atoms. The van der Waals surface area contributed by atoms with E-state index in [1.165, 1.54) is 70.6 Å². The first-order valence-electron chi connectivity index (χ1n) is 11.5. The van der Waals surface area contributed by atoms with Crippen molar-refractivity contribution in [3.63, 3.8) is 0 Å². The summed E-state index contributed by atoms with van der Waals surface area (Å²) in [6.07, 6.45) is 17.9. The van der Waals surface area contributed by atoms with E-state index in [0.29, 0.717) is 0 Å². The first-order valence-corrected chi connectivity index (χ1v) is 11.5. The average Bonchev–Trinajstić information content (AvgIpc) is 2.66. The van der Waals surface area contributed by atoms with Crippen LogP contribution in [0.1, 0.15) is 104 Å². The van der Waals surface area contributed by atoms with E-state index >= 15 is 0 Å². The van der Waals surface area contributed by atoms with Crippen LogP contribution in [0.25, 0.3) is 0 Å². The van der Waals surface area contributed by atoms with Gasteiger partial charge in [0.15, 0.2) is 0 Å². The van der Waals surface area contributed by atoms with Gasteiger partial charge >= 0.3 is 0 Å². The van der Waals surface area contributed by atoms with E-state index in [9.17, 15) is 0 Å². The number of ether oxygens (including phenoxy) is 1. The van der Waals surface area contributed by atoms with Crippen LogP contribution in [0, 0.1) is 0 Å². The van der Waals surface area contributed by atoms with E-state index in [0.717, 1.165) is 58.7 Å². The maximum absolute atomic E-state index is 5.91. The molecule has 2 N–H and O–H groups in total. The average molecular weight is 373 g/mol. The molecule has 0 spiro atoms. The van der Waals surface area contributed by atoms with E-state index < -0.39 is 0 Å². The number of rotatable bonds is 22. The third kappa shape index (κ3) is 20.2. The molecular weight excluding hydrogens is 324 g/mol. The fraction of sp³-hybridized carbons (Fsp3) is 1.00. The smallest absolute Gasteiger partial charge is 0.0685 e. The molecule has 0 heterocycles. The van der Waals surface area contributed by atoms with Gasteiger partial charge in [-0.3, -0.25) is 4.84 Å². The second-order valence-electron chi connectivity index (χ2n) is 7.41. The highest BCUT2D eigenvalue weighted by Crippen LogP contribution is 2.08. The molecule has 158 valence electrons. The van der Waals surface area contributed by atoms with E-state index in [1.807, 2.05) is 0 Å². The standard InChI is InChI=1S/C22H48N2O2/c1-3-5-7-9-10-11-12-13-20-25-21-16-19-24(18-15-17-23)26-22-14-8-6-4-2/h3-23H2,1-2H3. The summed E-state index contributed by atoms with van der Waals surface area (Å²) in [4.78, 5) is 5.91. The number of hydrogen-bond donors (Lipinski definition) is 1. The van der Waals surface area contributed by atoms with Gasteiger partial charge in [-0.1, -0.05) is 78.1 Å². The van der Waals surface area contributed by atoms with Gasteiger partial charge in [0.1, 0.15) is 0 Å². The Morgan fingerprint density at radius 2 is 1.08 bits per heavy atom. The van der Waals surface area contributed by atoms with E-state index in [4.69, 9.17) is 15.3 Å². The Morgan fingerprint density at radius 3 is 1.73 bits per heavy atom. The SMILES string of the molecule is CCCCCCCCCCOCCCN(CCCN)OCCCCCC. The summed E-state index contributed by atoms with van der Waals surface area (Å²) in [5.41, 5.74) is 5.63. The highest BCUT2D eigenvalue weighted by molar-refractivity contribution is 4.51. The van der Waals surface area contributed by atoms with Crippen molar-refractivity contribution in [2.75, 3.05) is 39.5 Å². The summed E-state index contributed by atoms with van der Waals surface area (Å²) in [6, 6.07) is 0. The summed E-state index contributed by atoms with van der Waals surface area (Å²) in [7, 11) is 0. The lowest BCUT2D eigenvalue weighted by Gasteiger charge is -2.21. The second kappa shape index (κ2) is 22.9. The summed E-state index contributed by atoms with van der Waals surface area (Å²) >= 11 is 0. The number of hydroxylamine groups is 2. The molecule has 0 aromatic heterocycles. The first kappa shape index (κ1) is 25.8. The van der Waals surface area contributed by atoms with Gasteiger partial charge in [-0.25, -0.2) is 0 Å². The van der Waals surface area contributed by atoms with Crippen LogP contribution >= 0.6 is 0 Å². The number of nitrogens with zero attached hydrogens (tertiary/aromatic N) is 1. The van der Waals surface area contributed by atoms with Gasteiger partial charge in [-0.15, -0.1) is 0 Å². The van der Waals surface area contributed by atoms with Gasteiger partial charge in [-0.2, -0.15) is 5.06 Å². The fourth-order valence-electron chi connectivity index (χ4n) is 3.01. The van der Waals surface area contributed by atoms with Crippen LogP contribution in [-0.4, -0.2) is 44.5 Å². The lowest BCUT2D eigenvalue weighted by molar-refractivity contribution is -0.162. The Bertz CT molecular complexity index is 252. The van der Waals surface area contributed by atoms with E-state index in [2.05, 4.69) is 18.9 Å². The Morgan fingerprint density at radius 1 is 0.577 bits per heavy atom. The normalized spacial score (nSPS) is 11.5. The molecule has 0 aromatic rings. The zero-order valence-corrected chi connectivity index (χ0v) is 18.0. The molecule has 0 aliphatic heterocycles. The summed E-state index contributed by atoms with van der Waals surface area (Å²) < 4.78 is 5.78. The molecule has 0 radical (unpaired) electrons. The quantitative estimate of drug-likeness (QED) is 0.196. The topological polar surface area (TPSA) is 47.7 Å². The minimum atomic E-state index is 0.727. The Balaban J connectivity index is 3.45.